The number of nitrogens with zero attached hydrogens (tertiary/aromatic N) is 2. The van der Waals surface area contributed by atoms with Crippen LogP contribution in [0.3, 0.4) is 0 Å². The number of carbonyl (C=O) groups excluding carboxylic acids is 1. The Bertz CT molecular complexity index is 651. The van der Waals surface area contributed by atoms with Crippen molar-refractivity contribution in [2.45, 2.75) is 13.0 Å². The van der Waals surface area contributed by atoms with Crippen LogP contribution in [0.5, 0.6) is 0 Å². The van der Waals surface area contributed by atoms with E-state index in [4.69, 9.17) is 4.74 Å². The number of carbonyl (C=O) groups is 1. The number of nitrogens with one attached hydrogen (secondary N) is 1. The molecule has 2 rings (SSSR count). The van der Waals surface area contributed by atoms with E-state index in [9.17, 15) is 4.79 Å². The molecule has 5 nitrogen and oxygen atoms in total. The van der Waals surface area contributed by atoms with Gasteiger partial charge in [-0.15, -0.1) is 0 Å². The van der Waals surface area contributed by atoms with Gasteiger partial charge in [-0.1, -0.05) is 18.6 Å². The molecule has 1 aromatic rings. The van der Waals surface area contributed by atoms with E-state index in [2.05, 4.69) is 33.7 Å². The van der Waals surface area contributed by atoms with Crippen LogP contribution in [-0.4, -0.2) is 29.9 Å². The first-order chi connectivity index (χ1) is 10.1. The SMILES string of the molecule is C=C(C=NC=C(C)C#Cc1ccccn1)C1COC(=O)N1. The molecular formula is C16H15N3O2. The van der Waals surface area contributed by atoms with Crippen molar-refractivity contribution in [2.24, 2.45) is 4.99 Å². The van der Waals surface area contributed by atoms with Gasteiger partial charge in [0, 0.05) is 24.2 Å². The zero-order valence-corrected chi connectivity index (χ0v) is 11.7. The molecule has 1 fully saturated rings. The summed E-state index contributed by atoms with van der Waals surface area (Å²) >= 11 is 0. The molecule has 0 saturated carbocycles. The van der Waals surface area contributed by atoms with Crippen LogP contribution in [0.4, 0.5) is 4.79 Å². The third-order valence-electron chi connectivity index (χ3n) is 2.68. The maximum atomic E-state index is 10.9. The molecule has 1 N–H and O–H groups in total. The number of amides is 1. The second-order valence-corrected chi connectivity index (χ2v) is 4.43. The Morgan fingerprint density at radius 2 is 2.48 bits per heavy atom. The van der Waals surface area contributed by atoms with E-state index in [1.165, 1.54) is 0 Å². The van der Waals surface area contributed by atoms with Crippen molar-refractivity contribution in [3.63, 3.8) is 0 Å². The summed E-state index contributed by atoms with van der Waals surface area (Å²) in [6.07, 6.45) is 4.50. The average molecular weight is 281 g/mol. The van der Waals surface area contributed by atoms with Crippen LogP contribution in [-0.2, 0) is 4.74 Å². The lowest BCUT2D eigenvalue weighted by atomic mass is 10.1. The van der Waals surface area contributed by atoms with Crippen molar-refractivity contribution in [2.75, 3.05) is 6.61 Å². The highest BCUT2D eigenvalue weighted by Gasteiger charge is 2.23. The van der Waals surface area contributed by atoms with Gasteiger partial charge >= 0.3 is 6.09 Å². The third kappa shape index (κ3) is 4.62. The van der Waals surface area contributed by atoms with Gasteiger partial charge in [-0.2, -0.15) is 0 Å². The lowest BCUT2D eigenvalue weighted by Crippen LogP contribution is -2.28. The monoisotopic (exact) mass is 281 g/mol. The topological polar surface area (TPSA) is 63.6 Å². The quantitative estimate of drug-likeness (QED) is 0.681. The lowest BCUT2D eigenvalue weighted by molar-refractivity contribution is 0.177. The van der Waals surface area contributed by atoms with E-state index in [1.54, 1.807) is 18.6 Å². The summed E-state index contributed by atoms with van der Waals surface area (Å²) in [6.45, 7) is 5.98. The number of aliphatic imine (C=N–C) groups is 1. The van der Waals surface area contributed by atoms with Crippen LogP contribution in [0.25, 0.3) is 0 Å². The predicted octanol–water partition coefficient (Wildman–Crippen LogP) is 2.07. The van der Waals surface area contributed by atoms with E-state index in [0.717, 1.165) is 5.57 Å². The van der Waals surface area contributed by atoms with E-state index >= 15 is 0 Å². The van der Waals surface area contributed by atoms with E-state index in [1.807, 2.05) is 25.1 Å². The largest absolute Gasteiger partial charge is 0.447 e. The van der Waals surface area contributed by atoms with Gasteiger partial charge in [0.05, 0.1) is 6.04 Å². The molecule has 5 heteroatoms. The standard InChI is InChI=1S/C16H15N3O2/c1-12(6-7-14-5-3-4-8-18-14)9-17-10-13(2)15-11-21-16(20)19-15/h3-5,8-10,15H,2,11H2,1H3,(H,19,20). The molecule has 0 bridgehead atoms. The van der Waals surface area contributed by atoms with Gasteiger partial charge in [0.1, 0.15) is 12.3 Å². The van der Waals surface area contributed by atoms with E-state index in [-0.39, 0.29) is 12.6 Å². The van der Waals surface area contributed by atoms with E-state index in [0.29, 0.717) is 11.3 Å². The van der Waals surface area contributed by atoms with Gasteiger partial charge in [-0.3, -0.25) is 4.99 Å². The van der Waals surface area contributed by atoms with Crippen LogP contribution in [0.2, 0.25) is 0 Å². The summed E-state index contributed by atoms with van der Waals surface area (Å²) in [5, 5.41) is 2.63. The van der Waals surface area contributed by atoms with Crippen molar-refractivity contribution >= 4 is 12.3 Å². The fourth-order valence-electron chi connectivity index (χ4n) is 1.55. The molecule has 1 aliphatic rings. The highest BCUT2D eigenvalue weighted by atomic mass is 16.6. The smallest absolute Gasteiger partial charge is 0.407 e. The lowest BCUT2D eigenvalue weighted by Gasteiger charge is -2.04. The van der Waals surface area contributed by atoms with Crippen LogP contribution >= 0.6 is 0 Å². The number of hydrogen-bond acceptors (Lipinski definition) is 4. The number of cyclic esters (lactones) is 1. The minimum atomic E-state index is -0.428. The Morgan fingerprint density at radius 1 is 1.62 bits per heavy atom. The maximum Gasteiger partial charge on any atom is 0.407 e. The highest BCUT2D eigenvalue weighted by molar-refractivity contribution is 5.82. The van der Waals surface area contributed by atoms with E-state index < -0.39 is 6.09 Å². The Hall–Kier alpha value is -2.87. The predicted molar refractivity (Wildman–Crippen MR) is 80.8 cm³/mol. The molecule has 106 valence electrons. The molecular weight excluding hydrogens is 266 g/mol. The summed E-state index contributed by atoms with van der Waals surface area (Å²) < 4.78 is 4.78. The number of hydrogen-bond donors (Lipinski definition) is 1. The molecule has 21 heavy (non-hydrogen) atoms. The van der Waals surface area contributed by atoms with Gasteiger partial charge < -0.3 is 10.1 Å². The highest BCUT2D eigenvalue weighted by Crippen LogP contribution is 2.05. The first kappa shape index (κ1) is 14.5. The molecule has 0 aliphatic carbocycles. The zero-order valence-electron chi connectivity index (χ0n) is 11.7. The molecule has 1 unspecified atom stereocenters. The van der Waals surface area contributed by atoms with Gasteiger partial charge in [-0.05, 0) is 30.6 Å². The molecule has 0 spiro atoms. The van der Waals surface area contributed by atoms with Crippen LogP contribution in [0.15, 0.2) is 53.3 Å². The fraction of sp³-hybridized carbons (Fsp3) is 0.188. The van der Waals surface area contributed by atoms with Gasteiger partial charge in [0.15, 0.2) is 0 Å². The first-order valence-electron chi connectivity index (χ1n) is 6.40. The Balaban J connectivity index is 1.91. The minimum Gasteiger partial charge on any atom is -0.447 e. The summed E-state index contributed by atoms with van der Waals surface area (Å²) in [4.78, 5) is 19.2. The number of pyridine rings is 1. The maximum absolute atomic E-state index is 10.9. The second kappa shape index (κ2) is 7.06. The van der Waals surface area contributed by atoms with Crippen molar-refractivity contribution in [1.29, 1.82) is 0 Å². The van der Waals surface area contributed by atoms with Gasteiger partial charge in [0.2, 0.25) is 0 Å². The number of rotatable bonds is 3. The fourth-order valence-corrected chi connectivity index (χ4v) is 1.55. The summed E-state index contributed by atoms with van der Waals surface area (Å²) in [6, 6.07) is 5.36. The number of ether oxygens (including phenoxy) is 1. The number of aromatic nitrogens is 1. The van der Waals surface area contributed by atoms with Crippen LogP contribution < -0.4 is 5.32 Å². The minimum absolute atomic E-state index is 0.213. The molecule has 1 aromatic heterocycles. The van der Waals surface area contributed by atoms with Crippen molar-refractivity contribution in [3.05, 3.63) is 54.0 Å². The van der Waals surface area contributed by atoms with Crippen LogP contribution in [0.1, 0.15) is 12.6 Å². The zero-order chi connectivity index (χ0) is 15.1. The summed E-state index contributed by atoms with van der Waals surface area (Å²) in [5.74, 6) is 5.90. The van der Waals surface area contributed by atoms with Crippen molar-refractivity contribution < 1.29 is 9.53 Å². The molecule has 0 aromatic carbocycles. The first-order valence-corrected chi connectivity index (χ1v) is 6.40. The molecule has 2 heterocycles. The summed E-state index contributed by atoms with van der Waals surface area (Å²) in [5.41, 5.74) is 2.20. The second-order valence-electron chi connectivity index (χ2n) is 4.43. The van der Waals surface area contributed by atoms with Crippen molar-refractivity contribution in [1.82, 2.24) is 10.3 Å². The average Bonchev–Trinajstić information content (AvgIpc) is 2.93. The summed E-state index contributed by atoms with van der Waals surface area (Å²) in [7, 11) is 0. The Labute approximate surface area is 123 Å². The third-order valence-corrected chi connectivity index (χ3v) is 2.68. The Kier molecular flexibility index (Phi) is 4.89. The molecule has 0 radical (unpaired) electrons. The number of allylic oxidation sites excluding steroid dienone is 1. The molecule has 1 saturated heterocycles. The molecule has 1 atom stereocenters. The Morgan fingerprint density at radius 3 is 3.14 bits per heavy atom. The normalized spacial score (nSPS) is 17.9. The van der Waals surface area contributed by atoms with Crippen molar-refractivity contribution in [3.8, 4) is 11.8 Å². The molecule has 1 aliphatic heterocycles. The number of alkyl carbamates (subject to hydrolysis) is 1. The van der Waals surface area contributed by atoms with Gasteiger partial charge in [-0.25, -0.2) is 9.78 Å². The molecule has 1 amide bonds. The van der Waals surface area contributed by atoms with Gasteiger partial charge in [0.25, 0.3) is 0 Å². The van der Waals surface area contributed by atoms with Crippen LogP contribution in [0, 0.1) is 11.8 Å².